The van der Waals surface area contributed by atoms with Crippen LogP contribution < -0.4 is 0 Å². The number of piperidine rings is 1. The second-order valence-electron chi connectivity index (χ2n) is 6.92. The van der Waals surface area contributed by atoms with Gasteiger partial charge in [0.25, 0.3) is 0 Å². The normalized spacial score (nSPS) is 28.8. The van der Waals surface area contributed by atoms with Crippen molar-refractivity contribution in [3.63, 3.8) is 0 Å². The van der Waals surface area contributed by atoms with Crippen LogP contribution in [0.2, 0.25) is 0 Å². The van der Waals surface area contributed by atoms with Crippen molar-refractivity contribution >= 4 is 15.7 Å². The van der Waals surface area contributed by atoms with Crippen LogP contribution in [0.25, 0.3) is 0 Å². The zero-order valence-electron chi connectivity index (χ0n) is 14.4. The number of hydrogen-bond acceptors (Lipinski definition) is 6. The van der Waals surface area contributed by atoms with Crippen molar-refractivity contribution in [2.75, 3.05) is 50.9 Å². The minimum absolute atomic E-state index is 0.0673. The third-order valence-corrected chi connectivity index (χ3v) is 7.19. The predicted molar refractivity (Wildman–Crippen MR) is 89.4 cm³/mol. The molecule has 0 aliphatic carbocycles. The van der Waals surface area contributed by atoms with Gasteiger partial charge >= 0.3 is 0 Å². The van der Waals surface area contributed by atoms with E-state index < -0.39 is 15.6 Å². The van der Waals surface area contributed by atoms with E-state index in [0.29, 0.717) is 45.7 Å². The van der Waals surface area contributed by atoms with Crippen LogP contribution in [-0.4, -0.2) is 86.9 Å². The molecule has 1 atom stereocenters. The van der Waals surface area contributed by atoms with Gasteiger partial charge in [-0.25, -0.2) is 8.42 Å². The summed E-state index contributed by atoms with van der Waals surface area (Å²) in [5.41, 5.74) is 0. The Morgan fingerprint density at radius 2 is 1.92 bits per heavy atom. The second kappa shape index (κ2) is 7.27. The summed E-state index contributed by atoms with van der Waals surface area (Å²) in [7, 11) is -2.89. The predicted octanol–water partition coefficient (Wildman–Crippen LogP) is 0.251. The summed E-state index contributed by atoms with van der Waals surface area (Å²) in [5, 5.41) is 0. The van der Waals surface area contributed by atoms with E-state index >= 15 is 0 Å². The zero-order chi connectivity index (χ0) is 17.2. The number of carbonyl (C=O) groups excluding carboxylic acids is 1. The van der Waals surface area contributed by atoms with Gasteiger partial charge in [0, 0.05) is 44.9 Å². The summed E-state index contributed by atoms with van der Waals surface area (Å²) in [6, 6.07) is 0.0673. The van der Waals surface area contributed by atoms with Gasteiger partial charge in [-0.1, -0.05) is 6.92 Å². The quantitative estimate of drug-likeness (QED) is 0.700. The van der Waals surface area contributed by atoms with Gasteiger partial charge in [-0.05, 0) is 13.0 Å². The van der Waals surface area contributed by atoms with E-state index in [1.807, 2.05) is 11.8 Å². The fourth-order valence-electron chi connectivity index (χ4n) is 3.94. The summed E-state index contributed by atoms with van der Waals surface area (Å²) < 4.78 is 34.7. The largest absolute Gasteiger partial charge is 0.347 e. The third kappa shape index (κ3) is 4.09. The van der Waals surface area contributed by atoms with Crippen LogP contribution in [0.15, 0.2) is 0 Å². The molecule has 1 unspecified atom stereocenters. The van der Waals surface area contributed by atoms with Crippen LogP contribution in [0.5, 0.6) is 0 Å². The van der Waals surface area contributed by atoms with Crippen molar-refractivity contribution in [1.82, 2.24) is 9.80 Å². The monoisotopic (exact) mass is 360 g/mol. The average molecular weight is 360 g/mol. The SMILES string of the molecule is CCN(CCC(=O)N1CCC2(CC1)OCCO2)C1CCS(=O)(=O)C1. The Hall–Kier alpha value is -0.700. The Bertz CT molecular complexity index is 549. The van der Waals surface area contributed by atoms with Gasteiger partial charge < -0.3 is 14.4 Å². The highest BCUT2D eigenvalue weighted by Gasteiger charge is 2.40. The lowest BCUT2D eigenvalue weighted by molar-refractivity contribution is -0.187. The first-order chi connectivity index (χ1) is 11.4. The highest BCUT2D eigenvalue weighted by Crippen LogP contribution is 2.31. The lowest BCUT2D eigenvalue weighted by atomic mass is 10.0. The molecule has 3 fully saturated rings. The maximum atomic E-state index is 12.5. The van der Waals surface area contributed by atoms with Gasteiger partial charge in [-0.3, -0.25) is 9.69 Å². The highest BCUT2D eigenvalue weighted by molar-refractivity contribution is 7.91. The lowest BCUT2D eigenvalue weighted by Gasteiger charge is -2.38. The summed E-state index contributed by atoms with van der Waals surface area (Å²) in [6.07, 6.45) is 2.60. The fraction of sp³-hybridized carbons (Fsp3) is 0.938. The first-order valence-corrected chi connectivity index (χ1v) is 10.8. The molecule has 0 saturated carbocycles. The highest BCUT2D eigenvalue weighted by atomic mass is 32.2. The van der Waals surface area contributed by atoms with Crippen molar-refractivity contribution in [3.8, 4) is 0 Å². The van der Waals surface area contributed by atoms with Crippen molar-refractivity contribution in [3.05, 3.63) is 0 Å². The molecular formula is C16H28N2O5S. The topological polar surface area (TPSA) is 76.2 Å². The van der Waals surface area contributed by atoms with Crippen LogP contribution in [-0.2, 0) is 24.1 Å². The van der Waals surface area contributed by atoms with Crippen LogP contribution in [0.4, 0.5) is 0 Å². The van der Waals surface area contributed by atoms with Gasteiger partial charge in [0.2, 0.25) is 5.91 Å². The van der Waals surface area contributed by atoms with Gasteiger partial charge in [0.1, 0.15) is 0 Å². The molecule has 3 aliphatic heterocycles. The van der Waals surface area contributed by atoms with E-state index in [1.165, 1.54) is 0 Å². The molecule has 0 aromatic carbocycles. The first kappa shape index (κ1) is 18.1. The van der Waals surface area contributed by atoms with Crippen molar-refractivity contribution in [2.24, 2.45) is 0 Å². The number of rotatable bonds is 5. The molecule has 3 saturated heterocycles. The molecule has 3 rings (SSSR count). The summed E-state index contributed by atoms with van der Waals surface area (Å²) in [6.45, 7) is 6.05. The lowest BCUT2D eigenvalue weighted by Crippen LogP contribution is -2.48. The molecule has 3 aliphatic rings. The number of hydrogen-bond donors (Lipinski definition) is 0. The number of nitrogens with zero attached hydrogens (tertiary/aromatic N) is 2. The van der Waals surface area contributed by atoms with E-state index in [0.717, 1.165) is 19.4 Å². The molecule has 0 bridgehead atoms. The van der Waals surface area contributed by atoms with Gasteiger partial charge in [-0.15, -0.1) is 0 Å². The van der Waals surface area contributed by atoms with E-state index in [2.05, 4.69) is 4.90 Å². The fourth-order valence-corrected chi connectivity index (χ4v) is 5.70. The molecular weight excluding hydrogens is 332 g/mol. The van der Waals surface area contributed by atoms with Crippen LogP contribution in [0, 0.1) is 0 Å². The Morgan fingerprint density at radius 1 is 1.25 bits per heavy atom. The molecule has 0 aromatic heterocycles. The molecule has 0 aromatic rings. The van der Waals surface area contributed by atoms with Crippen molar-refractivity contribution < 1.29 is 22.7 Å². The molecule has 7 nitrogen and oxygen atoms in total. The minimum atomic E-state index is -2.89. The second-order valence-corrected chi connectivity index (χ2v) is 9.15. The summed E-state index contributed by atoms with van der Waals surface area (Å²) >= 11 is 0. The van der Waals surface area contributed by atoms with Gasteiger partial charge in [-0.2, -0.15) is 0 Å². The number of likely N-dealkylation sites (tertiary alicyclic amines) is 1. The van der Waals surface area contributed by atoms with Crippen molar-refractivity contribution in [1.29, 1.82) is 0 Å². The number of ether oxygens (including phenoxy) is 2. The molecule has 138 valence electrons. The Balaban J connectivity index is 1.45. The molecule has 0 N–H and O–H groups in total. The maximum absolute atomic E-state index is 12.5. The van der Waals surface area contributed by atoms with E-state index in [9.17, 15) is 13.2 Å². The Morgan fingerprint density at radius 3 is 2.46 bits per heavy atom. The minimum Gasteiger partial charge on any atom is -0.347 e. The van der Waals surface area contributed by atoms with E-state index in [-0.39, 0.29) is 23.5 Å². The van der Waals surface area contributed by atoms with Crippen LogP contribution in [0.1, 0.15) is 32.6 Å². The number of carbonyl (C=O) groups is 1. The van der Waals surface area contributed by atoms with Crippen molar-refractivity contribution in [2.45, 2.75) is 44.4 Å². The van der Waals surface area contributed by atoms with E-state index in [1.54, 1.807) is 0 Å². The van der Waals surface area contributed by atoms with Gasteiger partial charge in [0.05, 0.1) is 24.7 Å². The van der Waals surface area contributed by atoms with Gasteiger partial charge in [0.15, 0.2) is 15.6 Å². The zero-order valence-corrected chi connectivity index (χ0v) is 15.2. The molecule has 1 spiro atoms. The van der Waals surface area contributed by atoms with E-state index in [4.69, 9.17) is 9.47 Å². The third-order valence-electron chi connectivity index (χ3n) is 5.44. The Labute approximate surface area is 144 Å². The summed E-state index contributed by atoms with van der Waals surface area (Å²) in [4.78, 5) is 16.5. The molecule has 0 radical (unpaired) electrons. The maximum Gasteiger partial charge on any atom is 0.223 e. The first-order valence-electron chi connectivity index (χ1n) is 8.93. The standard InChI is InChI=1S/C16H28N2O5S/c1-2-17(14-4-12-24(20,21)13-14)7-3-15(19)18-8-5-16(6-9-18)22-10-11-23-16/h14H,2-13H2,1H3. The number of sulfone groups is 1. The average Bonchev–Trinajstić information content (AvgIpc) is 3.15. The molecule has 1 amide bonds. The van der Waals surface area contributed by atoms with Crippen LogP contribution >= 0.6 is 0 Å². The Kier molecular flexibility index (Phi) is 5.48. The molecule has 24 heavy (non-hydrogen) atoms. The number of amides is 1. The van der Waals surface area contributed by atoms with Crippen LogP contribution in [0.3, 0.4) is 0 Å². The molecule has 3 heterocycles. The smallest absolute Gasteiger partial charge is 0.223 e. The summed E-state index contributed by atoms with van der Waals surface area (Å²) in [5.74, 6) is 0.193. The molecule has 8 heteroatoms.